The van der Waals surface area contributed by atoms with Crippen molar-refractivity contribution in [3.63, 3.8) is 0 Å². The van der Waals surface area contributed by atoms with Crippen LogP contribution in [0.2, 0.25) is 0 Å². The van der Waals surface area contributed by atoms with Gasteiger partial charge in [-0.25, -0.2) is 0 Å². The summed E-state index contributed by atoms with van der Waals surface area (Å²) >= 11 is 0. The van der Waals surface area contributed by atoms with Crippen LogP contribution in [-0.4, -0.2) is 0 Å². The van der Waals surface area contributed by atoms with Gasteiger partial charge in [0.15, 0.2) is 0 Å². The average molecular weight is 191 g/mol. The molecule has 0 saturated heterocycles. The van der Waals surface area contributed by atoms with Gasteiger partial charge in [0.25, 0.3) is 0 Å². The van der Waals surface area contributed by atoms with E-state index in [1.807, 2.05) is 0 Å². The van der Waals surface area contributed by atoms with Gasteiger partial charge >= 0.3 is 0 Å². The Morgan fingerprint density at radius 3 is 1.73 bits per heavy atom. The second-order valence-electron chi connectivity index (χ2n) is 3.84. The molecule has 0 atom stereocenters. The van der Waals surface area contributed by atoms with Crippen molar-refractivity contribution < 1.29 is 0 Å². The molecular formula is C15H11. The second-order valence-corrected chi connectivity index (χ2v) is 3.84. The Kier molecular flexibility index (Phi) is 1.75. The monoisotopic (exact) mass is 191 g/mol. The zero-order valence-corrected chi connectivity index (χ0v) is 8.35. The van der Waals surface area contributed by atoms with Gasteiger partial charge < -0.3 is 0 Å². The number of allylic oxidation sites excluding steroid dienone is 1. The first kappa shape index (κ1) is 8.49. The minimum atomic E-state index is 0.261. The molecule has 0 aliphatic heterocycles. The van der Waals surface area contributed by atoms with Crippen molar-refractivity contribution in [2.75, 3.05) is 0 Å². The molecule has 71 valence electrons. The van der Waals surface area contributed by atoms with E-state index in [0.29, 0.717) is 0 Å². The lowest BCUT2D eigenvalue weighted by atomic mass is 9.97. The lowest BCUT2D eigenvalue weighted by Gasteiger charge is -2.06. The molecule has 0 spiro atoms. The highest BCUT2D eigenvalue weighted by Gasteiger charge is 2.24. The lowest BCUT2D eigenvalue weighted by molar-refractivity contribution is 1.07. The van der Waals surface area contributed by atoms with E-state index < -0.39 is 0 Å². The van der Waals surface area contributed by atoms with Gasteiger partial charge in [0.1, 0.15) is 0 Å². The molecule has 1 aliphatic carbocycles. The normalized spacial score (nSPS) is 13.3. The molecular weight excluding hydrogens is 180 g/mol. The molecule has 0 nitrogen and oxygen atoms in total. The first-order valence-electron chi connectivity index (χ1n) is 5.15. The fourth-order valence-corrected chi connectivity index (χ4v) is 2.40. The van der Waals surface area contributed by atoms with Crippen LogP contribution in [0.5, 0.6) is 0 Å². The highest BCUT2D eigenvalue weighted by Crippen LogP contribution is 2.44. The maximum absolute atomic E-state index is 5.74. The summed E-state index contributed by atoms with van der Waals surface area (Å²) in [6.07, 6.45) is 1.78. The smallest absolute Gasteiger partial charge is 0.0284 e. The van der Waals surface area contributed by atoms with Gasteiger partial charge in [0.2, 0.25) is 0 Å². The number of fused-ring (bicyclic) bond motifs is 3. The first-order chi connectivity index (χ1) is 7.42. The highest BCUT2D eigenvalue weighted by atomic mass is 14.3. The third-order valence-corrected chi connectivity index (χ3v) is 3.07. The summed E-state index contributed by atoms with van der Waals surface area (Å²) in [6, 6.07) is 16.9. The van der Waals surface area contributed by atoms with Crippen LogP contribution in [0.4, 0.5) is 0 Å². The molecule has 0 amide bonds. The Labute approximate surface area is 89.9 Å². The molecule has 0 heteroatoms. The summed E-state index contributed by atoms with van der Waals surface area (Å²) in [6.45, 7) is 5.74. The van der Waals surface area contributed by atoms with E-state index in [1.165, 1.54) is 22.3 Å². The molecule has 15 heavy (non-hydrogen) atoms. The van der Waals surface area contributed by atoms with Crippen LogP contribution in [0.3, 0.4) is 0 Å². The van der Waals surface area contributed by atoms with Crippen molar-refractivity contribution in [2.45, 2.75) is 5.92 Å². The van der Waals surface area contributed by atoms with Gasteiger partial charge in [-0.15, -0.1) is 0 Å². The van der Waals surface area contributed by atoms with E-state index in [2.05, 4.69) is 48.5 Å². The third kappa shape index (κ3) is 1.08. The minimum Gasteiger partial charge on any atom is -0.0726 e. The summed E-state index contributed by atoms with van der Waals surface area (Å²) in [5, 5.41) is 0. The fourth-order valence-electron chi connectivity index (χ4n) is 2.40. The largest absolute Gasteiger partial charge is 0.0726 e. The predicted octanol–water partition coefficient (Wildman–Crippen LogP) is 3.79. The van der Waals surface area contributed by atoms with E-state index in [-0.39, 0.29) is 5.92 Å². The molecule has 2 aromatic carbocycles. The Bertz CT molecular complexity index is 478. The minimum absolute atomic E-state index is 0.261. The first-order valence-corrected chi connectivity index (χ1v) is 5.15. The zero-order chi connectivity index (χ0) is 10.3. The van der Waals surface area contributed by atoms with Crippen molar-refractivity contribution in [1.82, 2.24) is 0 Å². The van der Waals surface area contributed by atoms with Gasteiger partial charge in [-0.3, -0.25) is 0 Å². The summed E-state index contributed by atoms with van der Waals surface area (Å²) in [7, 11) is 0. The standard InChI is InChI=1S/C15H11/c1-2-11-12-7-3-5-9-14(12)15-10-6-4-8-13(11)15/h1-11H. The van der Waals surface area contributed by atoms with Gasteiger partial charge in [0.05, 0.1) is 0 Å². The molecule has 0 saturated carbocycles. The Balaban J connectivity index is 2.35. The van der Waals surface area contributed by atoms with Crippen molar-refractivity contribution in [3.8, 4) is 11.1 Å². The van der Waals surface area contributed by atoms with Crippen molar-refractivity contribution >= 4 is 0 Å². The van der Waals surface area contributed by atoms with E-state index in [0.717, 1.165) is 0 Å². The van der Waals surface area contributed by atoms with Crippen molar-refractivity contribution in [3.05, 3.63) is 72.3 Å². The van der Waals surface area contributed by atoms with Crippen LogP contribution in [0.1, 0.15) is 17.0 Å². The molecule has 3 rings (SSSR count). The number of hydrogen-bond acceptors (Lipinski definition) is 0. The predicted molar refractivity (Wildman–Crippen MR) is 62.6 cm³/mol. The van der Waals surface area contributed by atoms with Crippen LogP contribution in [0, 0.1) is 6.58 Å². The van der Waals surface area contributed by atoms with E-state index in [1.54, 1.807) is 6.08 Å². The maximum atomic E-state index is 5.74. The van der Waals surface area contributed by atoms with Gasteiger partial charge in [-0.05, 0) is 22.3 Å². The third-order valence-electron chi connectivity index (χ3n) is 3.07. The molecule has 0 fully saturated rings. The average Bonchev–Trinajstić information content (AvgIpc) is 2.63. The van der Waals surface area contributed by atoms with Gasteiger partial charge in [0, 0.05) is 5.92 Å². The van der Waals surface area contributed by atoms with Crippen LogP contribution in [0.15, 0.2) is 54.6 Å². The quantitative estimate of drug-likeness (QED) is 0.643. The Hall–Kier alpha value is -1.82. The molecule has 0 heterocycles. The summed E-state index contributed by atoms with van der Waals surface area (Å²) < 4.78 is 0. The summed E-state index contributed by atoms with van der Waals surface area (Å²) in [5.41, 5.74) is 5.28. The molecule has 0 aromatic heterocycles. The van der Waals surface area contributed by atoms with Crippen LogP contribution < -0.4 is 0 Å². The topological polar surface area (TPSA) is 0 Å². The molecule has 0 unspecified atom stereocenters. The van der Waals surface area contributed by atoms with E-state index in [4.69, 9.17) is 6.58 Å². The zero-order valence-electron chi connectivity index (χ0n) is 8.35. The highest BCUT2D eigenvalue weighted by molar-refractivity contribution is 5.79. The van der Waals surface area contributed by atoms with Crippen LogP contribution >= 0.6 is 0 Å². The lowest BCUT2D eigenvalue weighted by Crippen LogP contribution is -1.90. The van der Waals surface area contributed by atoms with Crippen LogP contribution in [0.25, 0.3) is 11.1 Å². The van der Waals surface area contributed by atoms with Crippen molar-refractivity contribution in [2.24, 2.45) is 0 Å². The molecule has 2 aromatic rings. The second kappa shape index (κ2) is 3.09. The Morgan fingerprint density at radius 1 is 0.800 bits per heavy atom. The fraction of sp³-hybridized carbons (Fsp3) is 0.0667. The number of rotatable bonds is 1. The molecule has 0 bridgehead atoms. The van der Waals surface area contributed by atoms with Crippen molar-refractivity contribution in [1.29, 1.82) is 0 Å². The Morgan fingerprint density at radius 2 is 1.27 bits per heavy atom. The van der Waals surface area contributed by atoms with Crippen LogP contribution in [-0.2, 0) is 0 Å². The molecule has 0 N–H and O–H groups in total. The van der Waals surface area contributed by atoms with E-state index in [9.17, 15) is 0 Å². The van der Waals surface area contributed by atoms with Gasteiger partial charge in [-0.1, -0.05) is 61.2 Å². The summed E-state index contributed by atoms with van der Waals surface area (Å²) in [4.78, 5) is 0. The molecule has 1 radical (unpaired) electrons. The number of benzene rings is 2. The molecule has 1 aliphatic rings. The summed E-state index contributed by atoms with van der Waals surface area (Å²) in [5.74, 6) is 0.261. The number of hydrogen-bond donors (Lipinski definition) is 0. The maximum Gasteiger partial charge on any atom is 0.0284 e. The van der Waals surface area contributed by atoms with E-state index >= 15 is 0 Å². The van der Waals surface area contributed by atoms with Gasteiger partial charge in [-0.2, -0.15) is 0 Å². The SMILES string of the molecule is [CH]=CC1c2ccccc2-c2ccccc21.